The van der Waals surface area contributed by atoms with Crippen molar-refractivity contribution in [3.63, 3.8) is 0 Å². The summed E-state index contributed by atoms with van der Waals surface area (Å²) in [5, 5.41) is 7.78. The third-order valence-corrected chi connectivity index (χ3v) is 3.48. The molecule has 0 aromatic heterocycles. The zero-order valence-electron chi connectivity index (χ0n) is 12.5. The lowest BCUT2D eigenvalue weighted by Gasteiger charge is -2.13. The minimum Gasteiger partial charge on any atom is -0.497 e. The van der Waals surface area contributed by atoms with Gasteiger partial charge in [0.1, 0.15) is 11.5 Å². The molecule has 0 bridgehead atoms. The minimum atomic E-state index is 0.609. The molecule has 0 fully saturated rings. The van der Waals surface area contributed by atoms with Crippen LogP contribution in [0.15, 0.2) is 36.4 Å². The summed E-state index contributed by atoms with van der Waals surface area (Å²) in [4.78, 5) is 0. The molecule has 6 heteroatoms. The van der Waals surface area contributed by atoms with Crippen LogP contribution in [0.5, 0.6) is 11.5 Å². The molecule has 22 heavy (non-hydrogen) atoms. The molecule has 4 nitrogen and oxygen atoms in total. The third kappa shape index (κ3) is 4.61. The van der Waals surface area contributed by atoms with Crippen LogP contribution in [0.3, 0.4) is 0 Å². The van der Waals surface area contributed by atoms with Crippen molar-refractivity contribution >= 4 is 34.6 Å². The molecular weight excluding hydrogens is 323 g/mol. The van der Waals surface area contributed by atoms with Gasteiger partial charge < -0.3 is 20.1 Å². The molecule has 2 rings (SSSR count). The Morgan fingerprint density at radius 1 is 0.864 bits per heavy atom. The van der Waals surface area contributed by atoms with E-state index in [0.717, 1.165) is 22.9 Å². The molecule has 0 aliphatic carbocycles. The maximum atomic E-state index is 5.96. The molecule has 0 saturated carbocycles. The molecule has 2 aromatic carbocycles. The number of benzene rings is 2. The molecule has 0 aliphatic rings. The van der Waals surface area contributed by atoms with Gasteiger partial charge in [-0.05, 0) is 30.3 Å². The van der Waals surface area contributed by atoms with Gasteiger partial charge in [-0.1, -0.05) is 23.2 Å². The molecule has 0 saturated heterocycles. The molecule has 0 atom stereocenters. The number of rotatable bonds is 7. The van der Waals surface area contributed by atoms with Crippen LogP contribution in [0.1, 0.15) is 0 Å². The van der Waals surface area contributed by atoms with Gasteiger partial charge >= 0.3 is 0 Å². The second-order valence-electron chi connectivity index (χ2n) is 4.58. The molecule has 0 unspecified atom stereocenters. The monoisotopic (exact) mass is 340 g/mol. The Hall–Kier alpha value is -1.78. The first kappa shape index (κ1) is 16.6. The number of hydrogen-bond acceptors (Lipinski definition) is 4. The SMILES string of the molecule is COc1ccc(OC)c(NCCNc2cc(Cl)cc(Cl)c2)c1. The van der Waals surface area contributed by atoms with Crippen LogP contribution in [0.25, 0.3) is 0 Å². The van der Waals surface area contributed by atoms with Crippen molar-refractivity contribution in [1.29, 1.82) is 0 Å². The van der Waals surface area contributed by atoms with Crippen LogP contribution in [-0.4, -0.2) is 27.3 Å². The maximum Gasteiger partial charge on any atom is 0.142 e. The van der Waals surface area contributed by atoms with Crippen molar-refractivity contribution in [3.05, 3.63) is 46.4 Å². The van der Waals surface area contributed by atoms with Crippen LogP contribution in [0.4, 0.5) is 11.4 Å². The van der Waals surface area contributed by atoms with E-state index < -0.39 is 0 Å². The van der Waals surface area contributed by atoms with Crippen molar-refractivity contribution < 1.29 is 9.47 Å². The number of ether oxygens (including phenoxy) is 2. The van der Waals surface area contributed by atoms with Crippen LogP contribution < -0.4 is 20.1 Å². The second kappa shape index (κ2) is 8.01. The van der Waals surface area contributed by atoms with Crippen molar-refractivity contribution in [2.75, 3.05) is 37.9 Å². The molecule has 0 aliphatic heterocycles. The fourth-order valence-corrected chi connectivity index (χ4v) is 2.54. The predicted molar refractivity (Wildman–Crippen MR) is 93.0 cm³/mol. The first-order chi connectivity index (χ1) is 10.6. The highest BCUT2D eigenvalue weighted by molar-refractivity contribution is 6.35. The summed E-state index contributed by atoms with van der Waals surface area (Å²) in [6.45, 7) is 1.41. The maximum absolute atomic E-state index is 5.96. The Kier molecular flexibility index (Phi) is 6.04. The standard InChI is InChI=1S/C16H18Cl2N2O2/c1-21-14-3-4-16(22-2)15(10-14)20-6-5-19-13-8-11(17)7-12(18)9-13/h3-4,7-10,19-20H,5-6H2,1-2H3. The fourth-order valence-electron chi connectivity index (χ4n) is 2.01. The van der Waals surface area contributed by atoms with Gasteiger partial charge in [0.25, 0.3) is 0 Å². The summed E-state index contributed by atoms with van der Waals surface area (Å²) < 4.78 is 10.5. The Morgan fingerprint density at radius 2 is 1.55 bits per heavy atom. The summed E-state index contributed by atoms with van der Waals surface area (Å²) in [6, 6.07) is 11.0. The van der Waals surface area contributed by atoms with E-state index in [9.17, 15) is 0 Å². The van der Waals surface area contributed by atoms with E-state index in [1.54, 1.807) is 20.3 Å². The molecule has 2 N–H and O–H groups in total. The molecule has 0 radical (unpaired) electrons. The Bertz CT molecular complexity index is 615. The molecule has 0 amide bonds. The van der Waals surface area contributed by atoms with Crippen molar-refractivity contribution in [3.8, 4) is 11.5 Å². The fraction of sp³-hybridized carbons (Fsp3) is 0.250. The molecule has 0 spiro atoms. The predicted octanol–water partition coefficient (Wildman–Crippen LogP) is 4.53. The van der Waals surface area contributed by atoms with Gasteiger partial charge in [0.15, 0.2) is 0 Å². The number of nitrogens with one attached hydrogen (secondary N) is 2. The number of hydrogen-bond donors (Lipinski definition) is 2. The highest BCUT2D eigenvalue weighted by Crippen LogP contribution is 2.28. The van der Waals surface area contributed by atoms with Gasteiger partial charge in [-0.25, -0.2) is 0 Å². The largest absolute Gasteiger partial charge is 0.497 e. The van der Waals surface area contributed by atoms with Gasteiger partial charge in [0.05, 0.1) is 19.9 Å². The average molecular weight is 341 g/mol. The number of anilines is 2. The van der Waals surface area contributed by atoms with E-state index >= 15 is 0 Å². The lowest BCUT2D eigenvalue weighted by molar-refractivity contribution is 0.404. The topological polar surface area (TPSA) is 42.5 Å². The first-order valence-electron chi connectivity index (χ1n) is 6.78. The lowest BCUT2D eigenvalue weighted by Crippen LogP contribution is -2.14. The van der Waals surface area contributed by atoms with Gasteiger partial charge in [0.2, 0.25) is 0 Å². The normalized spacial score (nSPS) is 10.2. The third-order valence-electron chi connectivity index (χ3n) is 3.04. The summed E-state index contributed by atoms with van der Waals surface area (Å²) in [5.41, 5.74) is 1.77. The average Bonchev–Trinajstić information content (AvgIpc) is 2.50. The zero-order chi connectivity index (χ0) is 15.9. The Balaban J connectivity index is 1.90. The van der Waals surface area contributed by atoms with E-state index in [1.165, 1.54) is 0 Å². The van der Waals surface area contributed by atoms with Crippen LogP contribution in [0, 0.1) is 0 Å². The number of halogens is 2. The van der Waals surface area contributed by atoms with Gasteiger partial charge in [0, 0.05) is 34.9 Å². The second-order valence-corrected chi connectivity index (χ2v) is 5.45. The van der Waals surface area contributed by atoms with Gasteiger partial charge in [-0.15, -0.1) is 0 Å². The van der Waals surface area contributed by atoms with E-state index in [-0.39, 0.29) is 0 Å². The minimum absolute atomic E-state index is 0.609. The van der Waals surface area contributed by atoms with Crippen molar-refractivity contribution in [2.24, 2.45) is 0 Å². The summed E-state index contributed by atoms with van der Waals surface area (Å²) in [5.74, 6) is 1.55. The first-order valence-corrected chi connectivity index (χ1v) is 7.54. The Morgan fingerprint density at radius 3 is 2.18 bits per heavy atom. The van der Waals surface area contributed by atoms with Crippen molar-refractivity contribution in [1.82, 2.24) is 0 Å². The lowest BCUT2D eigenvalue weighted by atomic mass is 10.2. The summed E-state index contributed by atoms with van der Waals surface area (Å²) in [6.07, 6.45) is 0. The highest BCUT2D eigenvalue weighted by atomic mass is 35.5. The highest BCUT2D eigenvalue weighted by Gasteiger charge is 2.04. The van der Waals surface area contributed by atoms with Crippen molar-refractivity contribution in [2.45, 2.75) is 0 Å². The molecule has 2 aromatic rings. The quantitative estimate of drug-likeness (QED) is 0.726. The smallest absolute Gasteiger partial charge is 0.142 e. The van der Waals surface area contributed by atoms with Crippen LogP contribution >= 0.6 is 23.2 Å². The van der Waals surface area contributed by atoms with E-state index in [4.69, 9.17) is 32.7 Å². The van der Waals surface area contributed by atoms with E-state index in [0.29, 0.717) is 23.1 Å². The number of methoxy groups -OCH3 is 2. The molecule has 0 heterocycles. The van der Waals surface area contributed by atoms with Crippen LogP contribution in [-0.2, 0) is 0 Å². The molecular formula is C16H18Cl2N2O2. The summed E-state index contributed by atoms with van der Waals surface area (Å²) in [7, 11) is 3.27. The van der Waals surface area contributed by atoms with E-state index in [2.05, 4.69) is 10.6 Å². The van der Waals surface area contributed by atoms with Gasteiger partial charge in [-0.2, -0.15) is 0 Å². The zero-order valence-corrected chi connectivity index (χ0v) is 14.0. The Labute approximate surface area is 140 Å². The van der Waals surface area contributed by atoms with E-state index in [1.807, 2.05) is 30.3 Å². The van der Waals surface area contributed by atoms with Crippen LogP contribution in [0.2, 0.25) is 10.0 Å². The van der Waals surface area contributed by atoms with Gasteiger partial charge in [-0.3, -0.25) is 0 Å². The summed E-state index contributed by atoms with van der Waals surface area (Å²) >= 11 is 11.9. The molecule has 118 valence electrons.